The first-order valence-electron chi connectivity index (χ1n) is 8.39. The van der Waals surface area contributed by atoms with Crippen molar-refractivity contribution >= 4 is 17.5 Å². The first-order chi connectivity index (χ1) is 10.8. The molecule has 0 radical (unpaired) electrons. The molecule has 2 aliphatic rings. The zero-order valence-corrected chi connectivity index (χ0v) is 15.1. The fourth-order valence-corrected chi connectivity index (χ4v) is 4.20. The largest absolute Gasteiger partial charge is 0.358 e. The molecule has 0 saturated heterocycles. The van der Waals surface area contributed by atoms with Crippen molar-refractivity contribution in [3.05, 3.63) is 28.0 Å². The summed E-state index contributed by atoms with van der Waals surface area (Å²) in [5.41, 5.74) is 2.08. The summed E-state index contributed by atoms with van der Waals surface area (Å²) < 4.78 is 6.60. The molecule has 0 aromatic carbocycles. The maximum Gasteiger partial charge on any atom is 0.217 e. The van der Waals surface area contributed by atoms with E-state index in [1.54, 1.807) is 0 Å². The van der Waals surface area contributed by atoms with Crippen LogP contribution in [0.1, 0.15) is 75.9 Å². The highest BCUT2D eigenvalue weighted by molar-refractivity contribution is 6.31. The third-order valence-corrected chi connectivity index (χ3v) is 5.44. The van der Waals surface area contributed by atoms with Crippen LogP contribution in [-0.4, -0.2) is 16.4 Å². The van der Waals surface area contributed by atoms with Gasteiger partial charge in [0.05, 0.1) is 21.9 Å². The Labute approximate surface area is 143 Å². The van der Waals surface area contributed by atoms with Crippen LogP contribution in [0.25, 0.3) is 0 Å². The van der Waals surface area contributed by atoms with Gasteiger partial charge in [0.1, 0.15) is 11.7 Å². The molecule has 1 atom stereocenters. The van der Waals surface area contributed by atoms with Crippen molar-refractivity contribution in [2.24, 2.45) is 0 Å². The van der Waals surface area contributed by atoms with Gasteiger partial charge in [-0.1, -0.05) is 30.9 Å². The van der Waals surface area contributed by atoms with Gasteiger partial charge in [-0.3, -0.25) is 9.78 Å². The topological polar surface area (TPSA) is 51.2 Å². The van der Waals surface area contributed by atoms with Gasteiger partial charge >= 0.3 is 0 Å². The lowest BCUT2D eigenvalue weighted by Crippen LogP contribution is -2.48. The number of nitrogens with zero attached hydrogens (tertiary/aromatic N) is 1. The zero-order valence-electron chi connectivity index (χ0n) is 14.3. The molecule has 1 aromatic rings. The monoisotopic (exact) mass is 336 g/mol. The van der Waals surface area contributed by atoms with Crippen LogP contribution in [0.15, 0.2) is 6.07 Å². The average Bonchev–Trinajstić information content (AvgIpc) is 2.74. The molecule has 1 fully saturated rings. The summed E-state index contributed by atoms with van der Waals surface area (Å²) in [6.07, 6.45) is 5.28. The van der Waals surface area contributed by atoms with Gasteiger partial charge in [0.15, 0.2) is 0 Å². The third kappa shape index (κ3) is 2.87. The van der Waals surface area contributed by atoms with E-state index < -0.39 is 5.54 Å². The Kier molecular flexibility index (Phi) is 4.18. The highest BCUT2D eigenvalue weighted by Crippen LogP contribution is 2.53. The minimum Gasteiger partial charge on any atom is -0.358 e. The van der Waals surface area contributed by atoms with Gasteiger partial charge in [0.25, 0.3) is 0 Å². The highest BCUT2D eigenvalue weighted by Gasteiger charge is 2.51. The van der Waals surface area contributed by atoms with Crippen molar-refractivity contribution < 1.29 is 9.53 Å². The second-order valence-electron chi connectivity index (χ2n) is 7.45. The van der Waals surface area contributed by atoms with Crippen LogP contribution in [0.2, 0.25) is 5.02 Å². The molecule has 1 amide bonds. The molecule has 23 heavy (non-hydrogen) atoms. The minimum absolute atomic E-state index is 0.0593. The number of fused-ring (bicyclic) bond motifs is 2. The molecule has 5 heteroatoms. The van der Waals surface area contributed by atoms with E-state index >= 15 is 0 Å². The number of ether oxygens (including phenoxy) is 1. The van der Waals surface area contributed by atoms with Gasteiger partial charge in [0, 0.05) is 12.5 Å². The number of pyridine rings is 1. The highest BCUT2D eigenvalue weighted by atomic mass is 35.5. The summed E-state index contributed by atoms with van der Waals surface area (Å²) in [6, 6.07) is 1.98. The Morgan fingerprint density at radius 3 is 2.65 bits per heavy atom. The number of hydrogen-bond acceptors (Lipinski definition) is 3. The van der Waals surface area contributed by atoms with Crippen molar-refractivity contribution in [2.75, 3.05) is 0 Å². The molecule has 1 aromatic heterocycles. The quantitative estimate of drug-likeness (QED) is 0.881. The summed E-state index contributed by atoms with van der Waals surface area (Å²) in [7, 11) is 0. The van der Waals surface area contributed by atoms with Crippen LogP contribution < -0.4 is 5.32 Å². The molecule has 4 nitrogen and oxygen atoms in total. The number of aryl methyl sites for hydroxylation is 1. The van der Waals surface area contributed by atoms with Crippen LogP contribution in [0, 0.1) is 6.92 Å². The number of rotatable bonds is 2. The van der Waals surface area contributed by atoms with Gasteiger partial charge in [-0.05, 0) is 39.7 Å². The van der Waals surface area contributed by atoms with E-state index in [1.807, 2.05) is 26.8 Å². The molecule has 1 N–H and O–H groups in total. The number of nitrogens with one attached hydrogen (secondary N) is 1. The molecular formula is C18H25ClN2O2. The summed E-state index contributed by atoms with van der Waals surface area (Å²) in [6.45, 7) is 7.47. The number of hydrogen-bond donors (Lipinski definition) is 1. The van der Waals surface area contributed by atoms with E-state index in [2.05, 4.69) is 5.32 Å². The van der Waals surface area contributed by atoms with E-state index in [0.717, 1.165) is 42.6 Å². The maximum atomic E-state index is 11.6. The molecule has 1 aliphatic carbocycles. The number of carbonyl (C=O) groups is 1. The van der Waals surface area contributed by atoms with E-state index in [-0.39, 0.29) is 17.6 Å². The lowest BCUT2D eigenvalue weighted by Gasteiger charge is -2.37. The molecule has 2 heterocycles. The number of aromatic nitrogens is 1. The zero-order chi connectivity index (χ0) is 16.8. The summed E-state index contributed by atoms with van der Waals surface area (Å²) >= 11 is 6.34. The Hall–Kier alpha value is -1.13. The fraction of sp³-hybridized carbons (Fsp3) is 0.667. The summed E-state index contributed by atoms with van der Waals surface area (Å²) in [5, 5.41) is 3.68. The van der Waals surface area contributed by atoms with Crippen LogP contribution in [0.3, 0.4) is 0 Å². The molecule has 0 bridgehead atoms. The lowest BCUT2D eigenvalue weighted by atomic mass is 9.81. The molecule has 1 saturated carbocycles. The standard InChI is InChI=1S/C18H25ClN2O2/c1-11-14(19)10-13-15(20-11)18(8-6-5-7-9-18)23-16(13)17(3,4)21-12(2)22/h10,16H,5-9H2,1-4H3,(H,21,22)/t16-/m1/s1. The second kappa shape index (κ2) is 5.75. The molecular weight excluding hydrogens is 312 g/mol. The van der Waals surface area contributed by atoms with Crippen LogP contribution in [-0.2, 0) is 15.1 Å². The molecule has 1 aliphatic heterocycles. The minimum atomic E-state index is -0.512. The van der Waals surface area contributed by atoms with Crippen molar-refractivity contribution in [1.82, 2.24) is 10.3 Å². The third-order valence-electron chi connectivity index (χ3n) is 5.05. The van der Waals surface area contributed by atoms with E-state index in [1.165, 1.54) is 13.3 Å². The maximum absolute atomic E-state index is 11.6. The number of halogens is 1. The fourth-order valence-electron chi connectivity index (χ4n) is 4.04. The van der Waals surface area contributed by atoms with E-state index in [0.29, 0.717) is 5.02 Å². The van der Waals surface area contributed by atoms with Gasteiger partial charge < -0.3 is 10.1 Å². The number of carbonyl (C=O) groups excluding carboxylic acids is 1. The molecule has 126 valence electrons. The average molecular weight is 337 g/mol. The second-order valence-corrected chi connectivity index (χ2v) is 7.86. The Balaban J connectivity index is 2.08. The normalized spacial score (nSPS) is 22.9. The van der Waals surface area contributed by atoms with Crippen LogP contribution >= 0.6 is 11.6 Å². The van der Waals surface area contributed by atoms with Crippen LogP contribution in [0.4, 0.5) is 0 Å². The molecule has 0 unspecified atom stereocenters. The Morgan fingerprint density at radius 1 is 1.39 bits per heavy atom. The first kappa shape index (κ1) is 16.7. The SMILES string of the molecule is CC(=O)NC(C)(C)[C@@H]1OC2(CCCCC2)c2nc(C)c(Cl)cc21. The predicted molar refractivity (Wildman–Crippen MR) is 90.5 cm³/mol. The summed E-state index contributed by atoms with van der Waals surface area (Å²) in [5.74, 6) is -0.0593. The predicted octanol–water partition coefficient (Wildman–Crippen LogP) is 4.19. The lowest BCUT2D eigenvalue weighted by molar-refractivity contribution is -0.136. The van der Waals surface area contributed by atoms with Gasteiger partial charge in [0.2, 0.25) is 5.91 Å². The van der Waals surface area contributed by atoms with Crippen molar-refractivity contribution in [3.63, 3.8) is 0 Å². The van der Waals surface area contributed by atoms with E-state index in [9.17, 15) is 4.79 Å². The Bertz CT molecular complexity index is 636. The van der Waals surface area contributed by atoms with Crippen molar-refractivity contribution in [2.45, 2.75) is 77.0 Å². The van der Waals surface area contributed by atoms with Crippen LogP contribution in [0.5, 0.6) is 0 Å². The smallest absolute Gasteiger partial charge is 0.217 e. The number of amides is 1. The summed E-state index contributed by atoms with van der Waals surface area (Å²) in [4.78, 5) is 16.4. The van der Waals surface area contributed by atoms with E-state index in [4.69, 9.17) is 21.3 Å². The van der Waals surface area contributed by atoms with Crippen molar-refractivity contribution in [1.29, 1.82) is 0 Å². The van der Waals surface area contributed by atoms with Crippen molar-refractivity contribution in [3.8, 4) is 0 Å². The molecule has 1 spiro atoms. The Morgan fingerprint density at radius 2 is 2.04 bits per heavy atom. The molecule has 3 rings (SSSR count). The van der Waals surface area contributed by atoms with Gasteiger partial charge in [-0.2, -0.15) is 0 Å². The first-order valence-corrected chi connectivity index (χ1v) is 8.77. The van der Waals surface area contributed by atoms with Gasteiger partial charge in [-0.15, -0.1) is 0 Å². The van der Waals surface area contributed by atoms with Gasteiger partial charge in [-0.25, -0.2) is 0 Å².